The fourth-order valence-electron chi connectivity index (χ4n) is 1.99. The van der Waals surface area contributed by atoms with Crippen LogP contribution in [0.2, 0.25) is 0 Å². The maximum atomic E-state index is 4.29. The summed E-state index contributed by atoms with van der Waals surface area (Å²) < 4.78 is 3.14. The Labute approximate surface area is 121 Å². The molecule has 1 unspecified atom stereocenters. The summed E-state index contributed by atoms with van der Waals surface area (Å²) >= 11 is 2.41. The van der Waals surface area contributed by atoms with Crippen LogP contribution in [0.15, 0.2) is 24.5 Å². The van der Waals surface area contributed by atoms with Gasteiger partial charge in [-0.2, -0.15) is 5.10 Å². The predicted molar refractivity (Wildman–Crippen MR) is 80.4 cm³/mol. The number of aromatic nitrogens is 3. The largest absolute Gasteiger partial charge is 0.313 e. The lowest BCUT2D eigenvalue weighted by Crippen LogP contribution is -2.21. The molecule has 0 amide bonds. The van der Waals surface area contributed by atoms with Crippen LogP contribution in [0.4, 0.5) is 0 Å². The van der Waals surface area contributed by atoms with Crippen LogP contribution in [0.25, 0.3) is 0 Å². The van der Waals surface area contributed by atoms with Gasteiger partial charge in [0.2, 0.25) is 0 Å². The zero-order valence-electron chi connectivity index (χ0n) is 10.8. The van der Waals surface area contributed by atoms with Crippen LogP contribution in [0, 0.1) is 10.5 Å². The molecule has 0 aliphatic heterocycles. The number of benzene rings is 1. The van der Waals surface area contributed by atoms with Crippen molar-refractivity contribution in [1.82, 2.24) is 20.1 Å². The lowest BCUT2D eigenvalue weighted by atomic mass is 10.0. The number of aryl methyl sites for hydroxylation is 2. The summed E-state index contributed by atoms with van der Waals surface area (Å²) in [5.74, 6) is 0.992. The van der Waals surface area contributed by atoms with E-state index in [-0.39, 0.29) is 6.04 Å². The van der Waals surface area contributed by atoms with Crippen LogP contribution in [0.1, 0.15) is 23.0 Å². The van der Waals surface area contributed by atoms with Gasteiger partial charge in [-0.25, -0.2) is 4.98 Å². The number of nitrogens with zero attached hydrogens (tertiary/aromatic N) is 3. The quantitative estimate of drug-likeness (QED) is 0.855. The van der Waals surface area contributed by atoms with Gasteiger partial charge in [0.25, 0.3) is 0 Å². The van der Waals surface area contributed by atoms with Crippen molar-refractivity contribution in [2.45, 2.75) is 19.4 Å². The summed E-state index contributed by atoms with van der Waals surface area (Å²) in [6.45, 7) is 2.14. The highest BCUT2D eigenvalue weighted by atomic mass is 127. The zero-order chi connectivity index (χ0) is 13.1. The number of hydrogen-bond acceptors (Lipinski definition) is 3. The van der Waals surface area contributed by atoms with E-state index >= 15 is 0 Å². The molecule has 0 spiro atoms. The maximum Gasteiger partial charge on any atom is 0.138 e. The number of hydrogen-bond donors (Lipinski definition) is 1. The van der Waals surface area contributed by atoms with Crippen molar-refractivity contribution in [2.24, 2.45) is 7.05 Å². The SMILES string of the molecule is CNC(Cc1ncnn1C)c1cccc(C)c1I. The van der Waals surface area contributed by atoms with Crippen molar-refractivity contribution < 1.29 is 0 Å². The van der Waals surface area contributed by atoms with Crippen LogP contribution in [-0.4, -0.2) is 21.8 Å². The molecule has 1 aromatic carbocycles. The van der Waals surface area contributed by atoms with E-state index in [1.807, 2.05) is 18.8 Å². The molecular formula is C13H17IN4. The molecule has 0 saturated carbocycles. The van der Waals surface area contributed by atoms with Crippen molar-refractivity contribution >= 4 is 22.6 Å². The number of likely N-dealkylation sites (N-methyl/N-ethyl adjacent to an activating group) is 1. The molecule has 1 aromatic heterocycles. The summed E-state index contributed by atoms with van der Waals surface area (Å²) in [4.78, 5) is 4.29. The van der Waals surface area contributed by atoms with Crippen molar-refractivity contribution in [1.29, 1.82) is 0 Å². The first-order valence-corrected chi connectivity index (χ1v) is 6.96. The maximum absolute atomic E-state index is 4.29. The lowest BCUT2D eigenvalue weighted by Gasteiger charge is -2.18. The first-order valence-electron chi connectivity index (χ1n) is 5.88. The Bertz CT molecular complexity index is 536. The molecule has 0 aliphatic rings. The van der Waals surface area contributed by atoms with E-state index in [0.717, 1.165) is 12.2 Å². The molecule has 1 N–H and O–H groups in total. The summed E-state index contributed by atoms with van der Waals surface area (Å²) in [7, 11) is 3.91. The Hall–Kier alpha value is -0.950. The van der Waals surface area contributed by atoms with Gasteiger partial charge in [-0.15, -0.1) is 0 Å². The van der Waals surface area contributed by atoms with Crippen LogP contribution in [0.5, 0.6) is 0 Å². The lowest BCUT2D eigenvalue weighted by molar-refractivity contribution is 0.551. The fraction of sp³-hybridized carbons (Fsp3) is 0.385. The molecule has 0 saturated heterocycles. The minimum Gasteiger partial charge on any atom is -0.313 e. The molecule has 1 atom stereocenters. The van der Waals surface area contributed by atoms with Crippen LogP contribution < -0.4 is 5.32 Å². The second kappa shape index (κ2) is 5.79. The Morgan fingerprint density at radius 3 is 2.83 bits per heavy atom. The summed E-state index contributed by atoms with van der Waals surface area (Å²) in [5.41, 5.74) is 2.63. The van der Waals surface area contributed by atoms with E-state index in [2.05, 4.69) is 63.1 Å². The van der Waals surface area contributed by atoms with Gasteiger partial charge in [-0.05, 0) is 47.7 Å². The molecule has 0 fully saturated rings. The topological polar surface area (TPSA) is 42.7 Å². The molecule has 1 heterocycles. The molecule has 18 heavy (non-hydrogen) atoms. The zero-order valence-corrected chi connectivity index (χ0v) is 13.0. The number of halogens is 1. The second-order valence-corrected chi connectivity index (χ2v) is 5.40. The van der Waals surface area contributed by atoms with E-state index in [4.69, 9.17) is 0 Å². The van der Waals surface area contributed by atoms with E-state index in [0.29, 0.717) is 0 Å². The van der Waals surface area contributed by atoms with Crippen LogP contribution in [0.3, 0.4) is 0 Å². The molecule has 96 valence electrons. The molecule has 2 rings (SSSR count). The first kappa shape index (κ1) is 13.5. The van der Waals surface area contributed by atoms with E-state index in [1.54, 1.807) is 6.33 Å². The predicted octanol–water partition coefficient (Wildman–Crippen LogP) is 2.23. The van der Waals surface area contributed by atoms with Crippen molar-refractivity contribution in [3.05, 3.63) is 45.0 Å². The summed E-state index contributed by atoms with van der Waals surface area (Å²) in [6.07, 6.45) is 2.44. The summed E-state index contributed by atoms with van der Waals surface area (Å²) in [5, 5.41) is 7.48. The van der Waals surface area contributed by atoms with Crippen LogP contribution >= 0.6 is 22.6 Å². The molecule has 5 heteroatoms. The van der Waals surface area contributed by atoms with Crippen molar-refractivity contribution in [3.8, 4) is 0 Å². The van der Waals surface area contributed by atoms with Gasteiger partial charge in [-0.1, -0.05) is 18.2 Å². The average Bonchev–Trinajstić information content (AvgIpc) is 2.76. The van der Waals surface area contributed by atoms with Gasteiger partial charge >= 0.3 is 0 Å². The van der Waals surface area contributed by atoms with Gasteiger partial charge in [0.1, 0.15) is 12.2 Å². The Morgan fingerprint density at radius 2 is 2.22 bits per heavy atom. The smallest absolute Gasteiger partial charge is 0.138 e. The third-order valence-corrected chi connectivity index (χ3v) is 4.61. The minimum atomic E-state index is 0.264. The monoisotopic (exact) mass is 356 g/mol. The van der Waals surface area contributed by atoms with Gasteiger partial charge < -0.3 is 5.32 Å². The van der Waals surface area contributed by atoms with Gasteiger partial charge in [0.15, 0.2) is 0 Å². The molecule has 2 aromatic rings. The number of rotatable bonds is 4. The van der Waals surface area contributed by atoms with E-state index in [1.165, 1.54) is 14.7 Å². The minimum absolute atomic E-state index is 0.264. The van der Waals surface area contributed by atoms with E-state index in [9.17, 15) is 0 Å². The second-order valence-electron chi connectivity index (χ2n) is 4.32. The molecule has 0 aliphatic carbocycles. The molecule has 0 bridgehead atoms. The fourth-order valence-corrected chi connectivity index (χ4v) is 2.73. The molecule has 4 nitrogen and oxygen atoms in total. The van der Waals surface area contributed by atoms with Crippen molar-refractivity contribution in [2.75, 3.05) is 7.05 Å². The first-order chi connectivity index (χ1) is 8.63. The van der Waals surface area contributed by atoms with Gasteiger partial charge in [0.05, 0.1) is 0 Å². The summed E-state index contributed by atoms with van der Waals surface area (Å²) in [6, 6.07) is 6.68. The van der Waals surface area contributed by atoms with Crippen molar-refractivity contribution in [3.63, 3.8) is 0 Å². The standard InChI is InChI=1S/C13H17IN4/c1-9-5-4-6-10(13(9)14)11(15-2)7-12-16-8-17-18(12)3/h4-6,8,11,15H,7H2,1-3H3. The Kier molecular flexibility index (Phi) is 4.34. The Balaban J connectivity index is 2.29. The molecule has 0 radical (unpaired) electrons. The highest BCUT2D eigenvalue weighted by molar-refractivity contribution is 14.1. The van der Waals surface area contributed by atoms with Crippen LogP contribution in [-0.2, 0) is 13.5 Å². The molecular weight excluding hydrogens is 339 g/mol. The van der Waals surface area contributed by atoms with Gasteiger partial charge in [-0.3, -0.25) is 4.68 Å². The van der Waals surface area contributed by atoms with E-state index < -0.39 is 0 Å². The number of nitrogens with one attached hydrogen (secondary N) is 1. The Morgan fingerprint density at radius 1 is 1.44 bits per heavy atom. The normalized spacial score (nSPS) is 12.7. The average molecular weight is 356 g/mol. The highest BCUT2D eigenvalue weighted by Gasteiger charge is 2.16. The third-order valence-electron chi connectivity index (χ3n) is 3.14. The van der Waals surface area contributed by atoms with Gasteiger partial charge in [0, 0.05) is 23.1 Å². The third kappa shape index (κ3) is 2.72. The highest BCUT2D eigenvalue weighted by Crippen LogP contribution is 2.24.